The Morgan fingerprint density at radius 1 is 1.56 bits per heavy atom. The van der Waals surface area contributed by atoms with E-state index in [4.69, 9.17) is 9.52 Å². The summed E-state index contributed by atoms with van der Waals surface area (Å²) in [6.07, 6.45) is 1.48. The molecule has 94 valence electrons. The van der Waals surface area contributed by atoms with Gasteiger partial charge in [-0.2, -0.15) is 0 Å². The van der Waals surface area contributed by atoms with Gasteiger partial charge in [-0.3, -0.25) is 10.1 Å². The number of furan rings is 1. The minimum Gasteiger partial charge on any atom is -0.477 e. The van der Waals surface area contributed by atoms with Crippen LogP contribution >= 0.6 is 23.1 Å². The second-order valence-corrected chi connectivity index (χ2v) is 5.40. The van der Waals surface area contributed by atoms with E-state index in [1.165, 1.54) is 12.3 Å². The maximum atomic E-state index is 10.9. The Balaban J connectivity index is 2.40. The van der Waals surface area contributed by atoms with E-state index >= 15 is 0 Å². The minimum atomic E-state index is -1.17. The zero-order chi connectivity index (χ0) is 13.3. The van der Waals surface area contributed by atoms with Gasteiger partial charge in [-0.05, 0) is 19.1 Å². The number of hydrogen-bond donors (Lipinski definition) is 1. The van der Waals surface area contributed by atoms with Crippen LogP contribution in [0.4, 0.5) is 5.00 Å². The molecule has 8 heteroatoms. The lowest BCUT2D eigenvalue weighted by Gasteiger charge is -1.95. The van der Waals surface area contributed by atoms with Crippen LogP contribution in [0.1, 0.15) is 15.4 Å². The van der Waals surface area contributed by atoms with Crippen LogP contribution in [0, 0.1) is 17.0 Å². The third-order valence-corrected chi connectivity index (χ3v) is 4.47. The highest BCUT2D eigenvalue weighted by Gasteiger charge is 2.23. The summed E-state index contributed by atoms with van der Waals surface area (Å²) >= 11 is 1.78. The Labute approximate surface area is 109 Å². The summed E-state index contributed by atoms with van der Waals surface area (Å²) in [6, 6.07) is 2.99. The first-order valence-electron chi connectivity index (χ1n) is 4.72. The number of aryl methyl sites for hydroxylation is 1. The lowest BCUT2D eigenvalue weighted by atomic mass is 10.5. The quantitative estimate of drug-likeness (QED) is 0.683. The van der Waals surface area contributed by atoms with Gasteiger partial charge in [0.05, 0.1) is 16.1 Å². The molecule has 0 aliphatic rings. The van der Waals surface area contributed by atoms with Crippen molar-refractivity contribution in [2.24, 2.45) is 0 Å². The average molecular weight is 285 g/mol. The molecule has 0 radical (unpaired) electrons. The van der Waals surface area contributed by atoms with Crippen molar-refractivity contribution < 1.29 is 19.2 Å². The van der Waals surface area contributed by atoms with Crippen molar-refractivity contribution in [3.63, 3.8) is 0 Å². The molecule has 0 saturated carbocycles. The van der Waals surface area contributed by atoms with Crippen molar-refractivity contribution in [1.82, 2.24) is 0 Å². The largest absolute Gasteiger partial charge is 0.477 e. The molecule has 2 rings (SSSR count). The zero-order valence-corrected chi connectivity index (χ0v) is 10.7. The van der Waals surface area contributed by atoms with Crippen LogP contribution in [0.2, 0.25) is 0 Å². The van der Waals surface area contributed by atoms with Crippen molar-refractivity contribution in [3.05, 3.63) is 39.1 Å². The highest BCUT2D eigenvalue weighted by molar-refractivity contribution is 7.99. The summed E-state index contributed by atoms with van der Waals surface area (Å²) in [4.78, 5) is 22.1. The second kappa shape index (κ2) is 4.83. The lowest BCUT2D eigenvalue weighted by Crippen LogP contribution is -1.89. The highest BCUT2D eigenvalue weighted by Crippen LogP contribution is 2.41. The van der Waals surface area contributed by atoms with Crippen LogP contribution in [-0.2, 0) is 0 Å². The summed E-state index contributed by atoms with van der Waals surface area (Å²) in [5, 5.41) is 19.5. The standard InChI is InChI=1S/C10H7NO5S2/c1-5-6(2-3-16-5)17-7-4-8(10(12)13)18-9(7)11(14)15/h2-4H,1H3,(H,12,13). The van der Waals surface area contributed by atoms with E-state index in [1.54, 1.807) is 13.0 Å². The molecule has 0 aliphatic carbocycles. The van der Waals surface area contributed by atoms with Gasteiger partial charge in [0, 0.05) is 0 Å². The molecule has 0 spiro atoms. The van der Waals surface area contributed by atoms with E-state index < -0.39 is 10.9 Å². The van der Waals surface area contributed by atoms with E-state index in [0.717, 1.165) is 16.7 Å². The third kappa shape index (κ3) is 2.39. The number of carboxylic acid groups (broad SMARTS) is 1. The molecule has 2 aromatic rings. The molecule has 0 unspecified atom stereocenters. The fourth-order valence-electron chi connectivity index (χ4n) is 1.27. The van der Waals surface area contributed by atoms with Gasteiger partial charge in [0.1, 0.15) is 15.5 Å². The molecule has 1 N–H and O–H groups in total. The molecule has 0 fully saturated rings. The Hall–Kier alpha value is -1.80. The number of nitrogens with zero attached hydrogens (tertiary/aromatic N) is 1. The molecular formula is C10H7NO5S2. The minimum absolute atomic E-state index is 0.0506. The summed E-state index contributed by atoms with van der Waals surface area (Å²) < 4.78 is 5.09. The molecule has 0 aliphatic heterocycles. The summed E-state index contributed by atoms with van der Waals surface area (Å²) in [7, 11) is 0. The number of nitro groups is 1. The lowest BCUT2D eigenvalue weighted by molar-refractivity contribution is -0.382. The SMILES string of the molecule is Cc1occc1Sc1cc(C(=O)O)sc1[N+](=O)[O-]. The number of hydrogen-bond acceptors (Lipinski definition) is 6. The second-order valence-electron chi connectivity index (χ2n) is 3.29. The molecular weight excluding hydrogens is 278 g/mol. The van der Waals surface area contributed by atoms with Crippen molar-refractivity contribution >= 4 is 34.1 Å². The summed E-state index contributed by atoms with van der Waals surface area (Å²) in [5.41, 5.74) is 0. The predicted octanol–water partition coefficient (Wildman–Crippen LogP) is 3.41. The van der Waals surface area contributed by atoms with Crippen molar-refractivity contribution in [2.45, 2.75) is 16.7 Å². The normalized spacial score (nSPS) is 10.5. The fourth-order valence-corrected chi connectivity index (χ4v) is 3.19. The Morgan fingerprint density at radius 2 is 2.28 bits per heavy atom. The van der Waals surface area contributed by atoms with Crippen molar-refractivity contribution in [2.75, 3.05) is 0 Å². The number of aromatic carboxylic acids is 1. The molecule has 18 heavy (non-hydrogen) atoms. The predicted molar refractivity (Wildman–Crippen MR) is 65.5 cm³/mol. The van der Waals surface area contributed by atoms with Gasteiger partial charge in [0.25, 0.3) is 0 Å². The number of thiophene rings is 1. The van der Waals surface area contributed by atoms with Crippen LogP contribution in [0.5, 0.6) is 0 Å². The molecule has 0 aromatic carbocycles. The number of carboxylic acids is 1. The first-order chi connectivity index (χ1) is 8.49. The van der Waals surface area contributed by atoms with Gasteiger partial charge in [-0.1, -0.05) is 23.1 Å². The third-order valence-electron chi connectivity index (χ3n) is 2.09. The fraction of sp³-hybridized carbons (Fsp3) is 0.100. The van der Waals surface area contributed by atoms with Crippen LogP contribution < -0.4 is 0 Å². The van der Waals surface area contributed by atoms with E-state index in [0.29, 0.717) is 22.0 Å². The first-order valence-corrected chi connectivity index (χ1v) is 6.36. The van der Waals surface area contributed by atoms with Crippen LogP contribution in [0.15, 0.2) is 32.6 Å². The van der Waals surface area contributed by atoms with E-state index in [1.807, 2.05) is 0 Å². The van der Waals surface area contributed by atoms with Crippen LogP contribution in [0.3, 0.4) is 0 Å². The van der Waals surface area contributed by atoms with Crippen LogP contribution in [0.25, 0.3) is 0 Å². The molecule has 0 saturated heterocycles. The van der Waals surface area contributed by atoms with Crippen molar-refractivity contribution in [1.29, 1.82) is 0 Å². The van der Waals surface area contributed by atoms with Gasteiger partial charge >= 0.3 is 11.0 Å². The van der Waals surface area contributed by atoms with E-state index in [2.05, 4.69) is 0 Å². The van der Waals surface area contributed by atoms with Gasteiger partial charge < -0.3 is 9.52 Å². The first kappa shape index (κ1) is 12.7. The highest BCUT2D eigenvalue weighted by atomic mass is 32.2. The smallest absolute Gasteiger partial charge is 0.346 e. The van der Waals surface area contributed by atoms with Gasteiger partial charge in [-0.25, -0.2) is 4.79 Å². The van der Waals surface area contributed by atoms with E-state index in [-0.39, 0.29) is 9.88 Å². The average Bonchev–Trinajstić information content (AvgIpc) is 2.87. The van der Waals surface area contributed by atoms with Crippen LogP contribution in [-0.4, -0.2) is 16.0 Å². The molecule has 6 nitrogen and oxygen atoms in total. The maximum Gasteiger partial charge on any atom is 0.346 e. The maximum absolute atomic E-state index is 10.9. The summed E-state index contributed by atoms with van der Waals surface area (Å²) in [5.74, 6) is -0.531. The Kier molecular flexibility index (Phi) is 3.39. The molecule has 2 heterocycles. The molecule has 2 aromatic heterocycles. The Morgan fingerprint density at radius 3 is 2.78 bits per heavy atom. The topological polar surface area (TPSA) is 93.6 Å². The monoisotopic (exact) mass is 285 g/mol. The molecule has 0 bridgehead atoms. The number of carbonyl (C=O) groups is 1. The number of rotatable bonds is 4. The van der Waals surface area contributed by atoms with Gasteiger partial charge in [0.15, 0.2) is 0 Å². The van der Waals surface area contributed by atoms with Crippen molar-refractivity contribution in [3.8, 4) is 0 Å². The van der Waals surface area contributed by atoms with Gasteiger partial charge in [0.2, 0.25) is 0 Å². The molecule has 0 atom stereocenters. The zero-order valence-electron chi connectivity index (χ0n) is 9.08. The molecule has 0 amide bonds. The Bertz CT molecular complexity index is 616. The summed E-state index contributed by atoms with van der Waals surface area (Å²) in [6.45, 7) is 1.73. The van der Waals surface area contributed by atoms with Gasteiger partial charge in [-0.15, -0.1) is 0 Å². The van der Waals surface area contributed by atoms with E-state index in [9.17, 15) is 14.9 Å².